The number of nitriles is 1. The maximum Gasteiger partial charge on any atom is 0.343 e. The minimum atomic E-state index is -0.501. The van der Waals surface area contributed by atoms with Crippen LogP contribution in [0.4, 0.5) is 0 Å². The molecule has 1 fully saturated rings. The molecule has 1 heterocycles. The second kappa shape index (κ2) is 10.4. The zero-order valence-corrected chi connectivity index (χ0v) is 17.2. The molecule has 1 saturated heterocycles. The molecule has 0 spiro atoms. The van der Waals surface area contributed by atoms with Gasteiger partial charge in [-0.2, -0.15) is 5.26 Å². The first-order valence-corrected chi connectivity index (χ1v) is 10.2. The second-order valence-electron chi connectivity index (χ2n) is 7.13. The van der Waals surface area contributed by atoms with Crippen molar-refractivity contribution in [2.75, 3.05) is 13.2 Å². The molecule has 2 aromatic carbocycles. The van der Waals surface area contributed by atoms with Crippen LogP contribution in [0.5, 0.6) is 5.75 Å². The monoisotopic (exact) mass is 413 g/mol. The van der Waals surface area contributed by atoms with Gasteiger partial charge >= 0.3 is 5.97 Å². The molecule has 152 valence electrons. The van der Waals surface area contributed by atoms with Gasteiger partial charge in [0.25, 0.3) is 0 Å². The first-order chi connectivity index (χ1) is 14.1. The molecule has 5 nitrogen and oxygen atoms in total. The van der Waals surface area contributed by atoms with Crippen LogP contribution < -0.4 is 4.74 Å². The van der Waals surface area contributed by atoms with Crippen molar-refractivity contribution < 1.29 is 19.0 Å². The largest absolute Gasteiger partial charge is 0.423 e. The van der Waals surface area contributed by atoms with Crippen LogP contribution in [0.25, 0.3) is 0 Å². The third kappa shape index (κ3) is 5.80. The molecule has 6 heteroatoms. The van der Waals surface area contributed by atoms with E-state index in [1.54, 1.807) is 12.1 Å². The maximum absolute atomic E-state index is 12.3. The van der Waals surface area contributed by atoms with Crippen molar-refractivity contribution in [2.45, 2.75) is 38.9 Å². The van der Waals surface area contributed by atoms with Crippen molar-refractivity contribution in [3.8, 4) is 11.8 Å². The Morgan fingerprint density at radius 1 is 1.17 bits per heavy atom. The lowest BCUT2D eigenvalue weighted by molar-refractivity contribution is -0.206. The van der Waals surface area contributed by atoms with Gasteiger partial charge in [-0.05, 0) is 30.7 Å². The van der Waals surface area contributed by atoms with Crippen LogP contribution in [0, 0.1) is 17.2 Å². The highest BCUT2D eigenvalue weighted by Crippen LogP contribution is 2.28. The molecule has 0 saturated carbocycles. The molecule has 2 aromatic rings. The summed E-state index contributed by atoms with van der Waals surface area (Å²) < 4.78 is 17.0. The molecule has 0 aliphatic carbocycles. The van der Waals surface area contributed by atoms with Gasteiger partial charge in [0.2, 0.25) is 0 Å². The van der Waals surface area contributed by atoms with Gasteiger partial charge in [-0.1, -0.05) is 49.9 Å². The molecule has 29 heavy (non-hydrogen) atoms. The fourth-order valence-electron chi connectivity index (χ4n) is 3.18. The Hall–Kier alpha value is -2.39. The summed E-state index contributed by atoms with van der Waals surface area (Å²) in [6, 6.07) is 13.5. The number of benzene rings is 2. The molecule has 0 amide bonds. The zero-order chi connectivity index (χ0) is 20.6. The van der Waals surface area contributed by atoms with E-state index in [4.69, 9.17) is 31.1 Å². The lowest BCUT2D eigenvalue weighted by atomic mass is 10.0. The molecule has 1 aliphatic rings. The average Bonchev–Trinajstić information content (AvgIpc) is 2.75. The Bertz CT molecular complexity index is 867. The third-order valence-corrected chi connectivity index (χ3v) is 5.19. The number of hydrogen-bond donors (Lipinski definition) is 0. The summed E-state index contributed by atoms with van der Waals surface area (Å²) in [4.78, 5) is 12.3. The predicted molar refractivity (Wildman–Crippen MR) is 110 cm³/mol. The maximum atomic E-state index is 12.3. The van der Waals surface area contributed by atoms with Crippen LogP contribution >= 0.6 is 11.6 Å². The van der Waals surface area contributed by atoms with Gasteiger partial charge in [-0.3, -0.25) is 0 Å². The fourth-order valence-corrected chi connectivity index (χ4v) is 3.39. The number of esters is 1. The minimum Gasteiger partial charge on any atom is -0.423 e. The summed E-state index contributed by atoms with van der Waals surface area (Å²) in [6.07, 6.45) is 4.39. The van der Waals surface area contributed by atoms with Gasteiger partial charge in [-0.25, -0.2) is 4.79 Å². The van der Waals surface area contributed by atoms with Crippen LogP contribution in [0.15, 0.2) is 42.5 Å². The summed E-state index contributed by atoms with van der Waals surface area (Å²) >= 11 is 5.97. The first kappa shape index (κ1) is 21.3. The number of halogens is 1. The van der Waals surface area contributed by atoms with Gasteiger partial charge < -0.3 is 14.2 Å². The average molecular weight is 414 g/mol. The Morgan fingerprint density at radius 3 is 2.52 bits per heavy atom. The molecule has 0 N–H and O–H groups in total. The Kier molecular flexibility index (Phi) is 7.65. The van der Waals surface area contributed by atoms with Gasteiger partial charge in [0.1, 0.15) is 11.8 Å². The lowest BCUT2D eigenvalue weighted by Crippen LogP contribution is -2.27. The minimum absolute atomic E-state index is 0.243. The first-order valence-electron chi connectivity index (χ1n) is 9.85. The molecular weight excluding hydrogens is 390 g/mol. The number of carbonyl (C=O) groups is 1. The number of carbonyl (C=O) groups excluding carboxylic acids is 1. The highest BCUT2D eigenvalue weighted by Gasteiger charge is 2.23. The van der Waals surface area contributed by atoms with Crippen molar-refractivity contribution in [1.82, 2.24) is 0 Å². The van der Waals surface area contributed by atoms with Gasteiger partial charge in [0, 0.05) is 17.5 Å². The summed E-state index contributed by atoms with van der Waals surface area (Å²) in [5, 5.41) is 9.15. The quantitative estimate of drug-likeness (QED) is 0.332. The van der Waals surface area contributed by atoms with Crippen LogP contribution in [0.3, 0.4) is 0 Å². The topological polar surface area (TPSA) is 68.5 Å². The van der Waals surface area contributed by atoms with Crippen LogP contribution in [-0.2, 0) is 9.47 Å². The predicted octanol–water partition coefficient (Wildman–Crippen LogP) is 5.67. The van der Waals surface area contributed by atoms with Gasteiger partial charge in [0.15, 0.2) is 6.29 Å². The number of hydrogen-bond acceptors (Lipinski definition) is 5. The van der Waals surface area contributed by atoms with E-state index in [0.29, 0.717) is 30.3 Å². The van der Waals surface area contributed by atoms with Crippen molar-refractivity contribution in [2.24, 2.45) is 5.92 Å². The molecule has 0 bridgehead atoms. The normalized spacial score (nSPS) is 18.8. The van der Waals surface area contributed by atoms with Crippen LogP contribution in [-0.4, -0.2) is 19.2 Å². The van der Waals surface area contributed by atoms with Gasteiger partial charge in [0.05, 0.1) is 29.4 Å². The van der Waals surface area contributed by atoms with Crippen molar-refractivity contribution in [1.29, 1.82) is 5.26 Å². The summed E-state index contributed by atoms with van der Waals surface area (Å²) in [7, 11) is 0. The van der Waals surface area contributed by atoms with E-state index in [9.17, 15) is 4.79 Å². The number of ether oxygens (including phenoxy) is 3. The fraction of sp³-hybridized carbons (Fsp3) is 0.391. The standard InChI is InChI=1S/C23H24ClNO4/c1-2-3-4-5-16-14-27-23(28-15-16)18-8-6-17(7-9-18)22(26)29-20-11-10-19(13-25)21(24)12-20/h6-12,16,23H,2-5,14-15H2,1H3. The van der Waals surface area contributed by atoms with Crippen molar-refractivity contribution in [3.63, 3.8) is 0 Å². The molecule has 0 unspecified atom stereocenters. The number of rotatable bonds is 7. The summed E-state index contributed by atoms with van der Waals surface area (Å²) in [6.45, 7) is 3.58. The molecule has 0 radical (unpaired) electrons. The van der Waals surface area contributed by atoms with E-state index in [1.165, 1.54) is 37.5 Å². The summed E-state index contributed by atoms with van der Waals surface area (Å²) in [5.74, 6) is 0.237. The van der Waals surface area contributed by atoms with Gasteiger partial charge in [-0.15, -0.1) is 0 Å². The lowest BCUT2D eigenvalue weighted by Gasteiger charge is -2.29. The van der Waals surface area contributed by atoms with Crippen LogP contribution in [0.1, 0.15) is 60.4 Å². The van der Waals surface area contributed by atoms with E-state index in [0.717, 1.165) is 12.0 Å². The number of unbranched alkanes of at least 4 members (excludes halogenated alkanes) is 2. The van der Waals surface area contributed by atoms with Crippen LogP contribution in [0.2, 0.25) is 5.02 Å². The molecule has 0 atom stereocenters. The summed E-state index contributed by atoms with van der Waals surface area (Å²) in [5.41, 5.74) is 1.60. The van der Waals surface area contributed by atoms with E-state index >= 15 is 0 Å². The number of nitrogens with zero attached hydrogens (tertiary/aromatic N) is 1. The highest BCUT2D eigenvalue weighted by atomic mass is 35.5. The molecule has 0 aromatic heterocycles. The SMILES string of the molecule is CCCCCC1COC(c2ccc(C(=O)Oc3ccc(C#N)c(Cl)c3)cc2)OC1. The third-order valence-electron chi connectivity index (χ3n) is 4.87. The second-order valence-corrected chi connectivity index (χ2v) is 7.53. The molecular formula is C23H24ClNO4. The van der Waals surface area contributed by atoms with E-state index in [2.05, 4.69) is 6.92 Å². The Labute approximate surface area is 176 Å². The smallest absolute Gasteiger partial charge is 0.343 e. The van der Waals surface area contributed by atoms with Crippen molar-refractivity contribution >= 4 is 17.6 Å². The van der Waals surface area contributed by atoms with E-state index in [-0.39, 0.29) is 10.8 Å². The Balaban J connectivity index is 1.54. The highest BCUT2D eigenvalue weighted by molar-refractivity contribution is 6.31. The van der Waals surface area contributed by atoms with E-state index < -0.39 is 12.3 Å². The Morgan fingerprint density at radius 2 is 1.90 bits per heavy atom. The van der Waals surface area contributed by atoms with Crippen molar-refractivity contribution in [3.05, 3.63) is 64.2 Å². The molecule has 3 rings (SSSR count). The zero-order valence-electron chi connectivity index (χ0n) is 16.4. The molecule has 1 aliphatic heterocycles. The van der Waals surface area contributed by atoms with E-state index in [1.807, 2.05) is 18.2 Å².